The van der Waals surface area contributed by atoms with Crippen LogP contribution < -0.4 is 10.1 Å². The highest BCUT2D eigenvalue weighted by molar-refractivity contribution is 5.38. The summed E-state index contributed by atoms with van der Waals surface area (Å²) < 4.78 is 5.32. The first-order chi connectivity index (χ1) is 7.26. The minimum absolute atomic E-state index is 0.340. The molecule has 1 heterocycles. The Kier molecular flexibility index (Phi) is 4.68. The third-order valence-corrected chi connectivity index (χ3v) is 1.93. The molecule has 1 aromatic heterocycles. The average Bonchev–Trinajstić information content (AvgIpc) is 2.19. The summed E-state index contributed by atoms with van der Waals surface area (Å²) in [4.78, 5) is 4.32. The van der Waals surface area contributed by atoms with Crippen molar-refractivity contribution < 1.29 is 4.74 Å². The molecular formula is C12H18N2O. The Morgan fingerprint density at radius 3 is 3.07 bits per heavy atom. The fraction of sp³-hybridized carbons (Fsp3) is 0.417. The monoisotopic (exact) mass is 206 g/mol. The van der Waals surface area contributed by atoms with E-state index in [4.69, 9.17) is 4.74 Å². The van der Waals surface area contributed by atoms with Gasteiger partial charge in [0, 0.05) is 12.1 Å². The molecule has 0 aliphatic rings. The van der Waals surface area contributed by atoms with Crippen LogP contribution in [0.4, 0.5) is 5.82 Å². The lowest BCUT2D eigenvalue weighted by Crippen LogP contribution is -2.14. The fourth-order valence-electron chi connectivity index (χ4n) is 1.28. The molecule has 82 valence electrons. The van der Waals surface area contributed by atoms with Gasteiger partial charge in [-0.15, -0.1) is 6.58 Å². The summed E-state index contributed by atoms with van der Waals surface area (Å²) >= 11 is 0. The van der Waals surface area contributed by atoms with Crippen LogP contribution in [0.1, 0.15) is 20.3 Å². The number of ether oxygens (including phenoxy) is 1. The molecule has 3 heteroatoms. The van der Waals surface area contributed by atoms with E-state index in [1.54, 1.807) is 0 Å². The van der Waals surface area contributed by atoms with Crippen molar-refractivity contribution in [3.05, 3.63) is 30.9 Å². The highest BCUT2D eigenvalue weighted by Crippen LogP contribution is 2.12. The topological polar surface area (TPSA) is 34.1 Å². The zero-order valence-corrected chi connectivity index (χ0v) is 9.36. The molecule has 15 heavy (non-hydrogen) atoms. The maximum atomic E-state index is 5.32. The Labute approximate surface area is 91.2 Å². The lowest BCUT2D eigenvalue weighted by atomic mass is 10.2. The second kappa shape index (κ2) is 6.06. The second-order valence-electron chi connectivity index (χ2n) is 3.36. The van der Waals surface area contributed by atoms with Gasteiger partial charge in [-0.25, -0.2) is 0 Å². The molecule has 0 bridgehead atoms. The average molecular weight is 206 g/mol. The van der Waals surface area contributed by atoms with E-state index >= 15 is 0 Å². The number of anilines is 1. The summed E-state index contributed by atoms with van der Waals surface area (Å²) in [6, 6.07) is 6.06. The van der Waals surface area contributed by atoms with Gasteiger partial charge in [0.15, 0.2) is 0 Å². The molecule has 0 aliphatic heterocycles. The van der Waals surface area contributed by atoms with Gasteiger partial charge in [0.2, 0.25) is 5.88 Å². The minimum Gasteiger partial charge on any atom is -0.478 e. The molecule has 0 radical (unpaired) electrons. The Morgan fingerprint density at radius 2 is 2.40 bits per heavy atom. The number of nitrogens with zero attached hydrogens (tertiary/aromatic N) is 1. The lowest BCUT2D eigenvalue weighted by Gasteiger charge is -2.12. The van der Waals surface area contributed by atoms with E-state index in [1.807, 2.05) is 31.2 Å². The molecule has 1 unspecified atom stereocenters. The first-order valence-corrected chi connectivity index (χ1v) is 5.23. The van der Waals surface area contributed by atoms with Crippen LogP contribution in [0.2, 0.25) is 0 Å². The Bertz CT molecular complexity index is 312. The SMILES string of the molecule is C=CCC(C)Nc1cccc(OCC)n1. The molecular weight excluding hydrogens is 188 g/mol. The van der Waals surface area contributed by atoms with Crippen molar-refractivity contribution in [1.82, 2.24) is 4.98 Å². The van der Waals surface area contributed by atoms with E-state index in [1.165, 1.54) is 0 Å². The quantitative estimate of drug-likeness (QED) is 0.727. The molecule has 0 aromatic carbocycles. The largest absolute Gasteiger partial charge is 0.478 e. The van der Waals surface area contributed by atoms with E-state index in [0.29, 0.717) is 18.5 Å². The third-order valence-electron chi connectivity index (χ3n) is 1.93. The number of rotatable bonds is 6. The van der Waals surface area contributed by atoms with Crippen LogP contribution in [0.15, 0.2) is 30.9 Å². The van der Waals surface area contributed by atoms with Crippen LogP contribution in [-0.4, -0.2) is 17.6 Å². The molecule has 0 saturated heterocycles. The van der Waals surface area contributed by atoms with Crippen molar-refractivity contribution in [3.63, 3.8) is 0 Å². The number of nitrogens with one attached hydrogen (secondary N) is 1. The van der Waals surface area contributed by atoms with E-state index < -0.39 is 0 Å². The zero-order chi connectivity index (χ0) is 11.1. The van der Waals surface area contributed by atoms with Crippen LogP contribution >= 0.6 is 0 Å². The molecule has 0 saturated carbocycles. The number of hydrogen-bond donors (Lipinski definition) is 1. The smallest absolute Gasteiger partial charge is 0.215 e. The maximum absolute atomic E-state index is 5.32. The van der Waals surface area contributed by atoms with Gasteiger partial charge in [0.05, 0.1) is 6.61 Å². The highest BCUT2D eigenvalue weighted by Gasteiger charge is 2.01. The van der Waals surface area contributed by atoms with Crippen molar-refractivity contribution in [2.24, 2.45) is 0 Å². The van der Waals surface area contributed by atoms with Crippen molar-refractivity contribution in [3.8, 4) is 5.88 Å². The van der Waals surface area contributed by atoms with Gasteiger partial charge in [-0.1, -0.05) is 12.1 Å². The summed E-state index contributed by atoms with van der Waals surface area (Å²) in [6.07, 6.45) is 2.81. The molecule has 0 amide bonds. The van der Waals surface area contributed by atoms with Crippen LogP contribution in [0, 0.1) is 0 Å². The fourth-order valence-corrected chi connectivity index (χ4v) is 1.28. The minimum atomic E-state index is 0.340. The standard InChI is InChI=1S/C12H18N2O/c1-4-7-10(3)13-11-8-6-9-12(14-11)15-5-2/h4,6,8-10H,1,5,7H2,2-3H3,(H,13,14). The van der Waals surface area contributed by atoms with Crippen LogP contribution in [0.25, 0.3) is 0 Å². The summed E-state index contributed by atoms with van der Waals surface area (Å²) in [5.74, 6) is 1.50. The molecule has 1 N–H and O–H groups in total. The number of hydrogen-bond acceptors (Lipinski definition) is 3. The molecule has 1 aromatic rings. The van der Waals surface area contributed by atoms with Gasteiger partial charge >= 0.3 is 0 Å². The Morgan fingerprint density at radius 1 is 1.60 bits per heavy atom. The van der Waals surface area contributed by atoms with E-state index in [0.717, 1.165) is 12.2 Å². The van der Waals surface area contributed by atoms with Crippen LogP contribution in [0.5, 0.6) is 5.88 Å². The van der Waals surface area contributed by atoms with Crippen LogP contribution in [-0.2, 0) is 0 Å². The van der Waals surface area contributed by atoms with E-state index in [2.05, 4.69) is 23.8 Å². The first kappa shape index (κ1) is 11.6. The Balaban J connectivity index is 2.60. The summed E-state index contributed by atoms with van der Waals surface area (Å²) in [5.41, 5.74) is 0. The molecule has 1 rings (SSSR count). The van der Waals surface area contributed by atoms with Gasteiger partial charge < -0.3 is 10.1 Å². The van der Waals surface area contributed by atoms with Crippen molar-refractivity contribution >= 4 is 5.82 Å². The van der Waals surface area contributed by atoms with E-state index in [9.17, 15) is 0 Å². The molecule has 3 nitrogen and oxygen atoms in total. The summed E-state index contributed by atoms with van der Waals surface area (Å²) in [6.45, 7) is 8.38. The summed E-state index contributed by atoms with van der Waals surface area (Å²) in [5, 5.41) is 3.28. The number of pyridine rings is 1. The van der Waals surface area contributed by atoms with Crippen molar-refractivity contribution in [1.29, 1.82) is 0 Å². The van der Waals surface area contributed by atoms with Gasteiger partial charge in [-0.2, -0.15) is 4.98 Å². The predicted molar refractivity (Wildman–Crippen MR) is 63.3 cm³/mol. The number of aromatic nitrogens is 1. The summed E-state index contributed by atoms with van der Waals surface area (Å²) in [7, 11) is 0. The molecule has 0 fully saturated rings. The maximum Gasteiger partial charge on any atom is 0.215 e. The van der Waals surface area contributed by atoms with Crippen molar-refractivity contribution in [2.75, 3.05) is 11.9 Å². The van der Waals surface area contributed by atoms with Gasteiger partial charge in [0.1, 0.15) is 5.82 Å². The van der Waals surface area contributed by atoms with Crippen molar-refractivity contribution in [2.45, 2.75) is 26.3 Å². The normalized spacial score (nSPS) is 11.9. The van der Waals surface area contributed by atoms with Gasteiger partial charge in [-0.3, -0.25) is 0 Å². The van der Waals surface area contributed by atoms with Crippen LogP contribution in [0.3, 0.4) is 0 Å². The Hall–Kier alpha value is -1.51. The van der Waals surface area contributed by atoms with E-state index in [-0.39, 0.29) is 0 Å². The predicted octanol–water partition coefficient (Wildman–Crippen LogP) is 2.86. The third kappa shape index (κ3) is 4.02. The molecule has 0 spiro atoms. The second-order valence-corrected chi connectivity index (χ2v) is 3.36. The molecule has 1 atom stereocenters. The molecule has 0 aliphatic carbocycles. The van der Waals surface area contributed by atoms with Gasteiger partial charge in [-0.05, 0) is 26.3 Å². The van der Waals surface area contributed by atoms with Gasteiger partial charge in [0.25, 0.3) is 0 Å². The first-order valence-electron chi connectivity index (χ1n) is 5.23. The zero-order valence-electron chi connectivity index (χ0n) is 9.36. The highest BCUT2D eigenvalue weighted by atomic mass is 16.5. The lowest BCUT2D eigenvalue weighted by molar-refractivity contribution is 0.327.